The predicted octanol–water partition coefficient (Wildman–Crippen LogP) is 0.196. The van der Waals surface area contributed by atoms with Crippen molar-refractivity contribution in [3.8, 4) is 0 Å². The minimum absolute atomic E-state index is 0.00266. The molecule has 104 valence electrons. The molecule has 2 rings (SSSR count). The molecule has 0 spiro atoms. The van der Waals surface area contributed by atoms with Gasteiger partial charge in [-0.3, -0.25) is 4.79 Å². The summed E-state index contributed by atoms with van der Waals surface area (Å²) < 4.78 is 23.7. The van der Waals surface area contributed by atoms with Crippen molar-refractivity contribution < 1.29 is 13.2 Å². The molecule has 6 heteroatoms. The van der Waals surface area contributed by atoms with Crippen LogP contribution in [0.15, 0.2) is 0 Å². The maximum Gasteiger partial charge on any atom is 0.238 e. The first-order chi connectivity index (χ1) is 8.25. The van der Waals surface area contributed by atoms with E-state index in [4.69, 9.17) is 5.73 Å². The van der Waals surface area contributed by atoms with Gasteiger partial charge in [-0.05, 0) is 19.3 Å². The fraction of sp³-hybridized carbons (Fsp3) is 0.917. The largest absolute Gasteiger partial charge is 0.352 e. The summed E-state index contributed by atoms with van der Waals surface area (Å²) in [5, 5.41) is 2.02. The molecular weight excluding hydrogens is 252 g/mol. The van der Waals surface area contributed by atoms with Crippen molar-refractivity contribution in [2.45, 2.75) is 56.9 Å². The van der Waals surface area contributed by atoms with E-state index >= 15 is 0 Å². The molecule has 3 unspecified atom stereocenters. The molecule has 1 aliphatic carbocycles. The first-order valence-corrected chi connectivity index (χ1v) is 8.24. The lowest BCUT2D eigenvalue weighted by Crippen LogP contribution is -2.65. The first kappa shape index (κ1) is 13.8. The Morgan fingerprint density at radius 2 is 2.00 bits per heavy atom. The van der Waals surface area contributed by atoms with Crippen LogP contribution in [0, 0.1) is 5.41 Å². The second-order valence-corrected chi connectivity index (χ2v) is 8.38. The number of hydrogen-bond acceptors (Lipinski definition) is 4. The molecular formula is C12H22N2O3S. The van der Waals surface area contributed by atoms with Gasteiger partial charge in [0.1, 0.15) is 5.25 Å². The fourth-order valence-electron chi connectivity index (χ4n) is 2.72. The van der Waals surface area contributed by atoms with Crippen molar-refractivity contribution in [3.63, 3.8) is 0 Å². The molecule has 5 nitrogen and oxygen atoms in total. The maximum atomic E-state index is 12.1. The highest BCUT2D eigenvalue weighted by atomic mass is 32.2. The lowest BCUT2D eigenvalue weighted by atomic mass is 9.63. The lowest BCUT2D eigenvalue weighted by Gasteiger charge is -2.50. The van der Waals surface area contributed by atoms with Gasteiger partial charge in [0.15, 0.2) is 9.84 Å². The molecule has 1 saturated heterocycles. The number of rotatable bonds is 2. The van der Waals surface area contributed by atoms with E-state index in [1.165, 1.54) is 0 Å². The SMILES string of the molecule is CC1(C)C(N)CC1NC(=O)C1CCCCS1(=O)=O. The Hall–Kier alpha value is -0.620. The normalized spacial score (nSPS) is 37.6. The molecule has 2 fully saturated rings. The fourth-order valence-corrected chi connectivity index (χ4v) is 4.53. The molecule has 1 aliphatic heterocycles. The monoisotopic (exact) mass is 274 g/mol. The Morgan fingerprint density at radius 3 is 2.50 bits per heavy atom. The van der Waals surface area contributed by atoms with Gasteiger partial charge in [0, 0.05) is 17.5 Å². The number of carbonyl (C=O) groups is 1. The number of nitrogens with two attached hydrogens (primary N) is 1. The molecule has 1 saturated carbocycles. The van der Waals surface area contributed by atoms with E-state index in [-0.39, 0.29) is 29.2 Å². The van der Waals surface area contributed by atoms with Crippen LogP contribution >= 0.6 is 0 Å². The van der Waals surface area contributed by atoms with Gasteiger partial charge in [0.2, 0.25) is 5.91 Å². The van der Waals surface area contributed by atoms with E-state index in [1.54, 1.807) is 0 Å². The zero-order valence-electron chi connectivity index (χ0n) is 11.0. The van der Waals surface area contributed by atoms with E-state index in [1.807, 2.05) is 13.8 Å². The molecule has 3 atom stereocenters. The average molecular weight is 274 g/mol. The van der Waals surface area contributed by atoms with E-state index < -0.39 is 15.1 Å². The third-order valence-corrected chi connectivity index (χ3v) is 6.71. The second-order valence-electron chi connectivity index (χ2n) is 6.08. The van der Waals surface area contributed by atoms with Gasteiger partial charge >= 0.3 is 0 Å². The van der Waals surface area contributed by atoms with Gasteiger partial charge in [0.05, 0.1) is 5.75 Å². The molecule has 1 heterocycles. The van der Waals surface area contributed by atoms with Crippen LogP contribution in [0.2, 0.25) is 0 Å². The third-order valence-electron chi connectivity index (χ3n) is 4.53. The summed E-state index contributed by atoms with van der Waals surface area (Å²) in [7, 11) is -3.25. The zero-order chi connectivity index (χ0) is 13.6. The summed E-state index contributed by atoms with van der Waals surface area (Å²) in [6.07, 6.45) is 2.66. The van der Waals surface area contributed by atoms with E-state index in [2.05, 4.69) is 5.32 Å². The number of sulfone groups is 1. The molecule has 0 aromatic carbocycles. The summed E-state index contributed by atoms with van der Waals surface area (Å²) >= 11 is 0. The van der Waals surface area contributed by atoms with Crippen LogP contribution in [-0.2, 0) is 14.6 Å². The van der Waals surface area contributed by atoms with Gasteiger partial charge in [0.25, 0.3) is 0 Å². The Balaban J connectivity index is 2.01. The van der Waals surface area contributed by atoms with Gasteiger partial charge in [-0.1, -0.05) is 20.3 Å². The molecule has 0 bridgehead atoms. The minimum Gasteiger partial charge on any atom is -0.352 e. The van der Waals surface area contributed by atoms with Gasteiger partial charge in [-0.15, -0.1) is 0 Å². The molecule has 18 heavy (non-hydrogen) atoms. The lowest BCUT2D eigenvalue weighted by molar-refractivity contribution is -0.124. The van der Waals surface area contributed by atoms with E-state index in [0.29, 0.717) is 12.8 Å². The van der Waals surface area contributed by atoms with Crippen molar-refractivity contribution in [2.75, 3.05) is 5.75 Å². The maximum absolute atomic E-state index is 12.1. The summed E-state index contributed by atoms with van der Waals surface area (Å²) in [4.78, 5) is 12.1. The molecule has 3 N–H and O–H groups in total. The van der Waals surface area contributed by atoms with Crippen LogP contribution in [-0.4, -0.2) is 37.4 Å². The third kappa shape index (κ3) is 2.28. The highest BCUT2D eigenvalue weighted by Gasteiger charge is 2.48. The van der Waals surface area contributed by atoms with Gasteiger partial charge < -0.3 is 11.1 Å². The standard InChI is InChI=1S/C12H22N2O3S/c1-12(2)9(13)7-10(12)14-11(15)8-5-3-4-6-18(8,16)17/h8-10H,3-7,13H2,1-2H3,(H,14,15). The molecule has 2 aliphatic rings. The van der Waals surface area contributed by atoms with Crippen LogP contribution < -0.4 is 11.1 Å². The Kier molecular flexibility index (Phi) is 3.44. The van der Waals surface area contributed by atoms with Crippen LogP contribution in [0.25, 0.3) is 0 Å². The van der Waals surface area contributed by atoms with E-state index in [0.717, 1.165) is 12.8 Å². The summed E-state index contributed by atoms with van der Waals surface area (Å²) in [5.41, 5.74) is 5.74. The second kappa shape index (κ2) is 4.49. The topological polar surface area (TPSA) is 89.3 Å². The first-order valence-electron chi connectivity index (χ1n) is 6.52. The van der Waals surface area contributed by atoms with Gasteiger partial charge in [-0.2, -0.15) is 0 Å². The van der Waals surface area contributed by atoms with Crippen molar-refractivity contribution in [1.29, 1.82) is 0 Å². The summed E-state index contributed by atoms with van der Waals surface area (Å²) in [5.74, 6) is -0.196. The molecule has 1 amide bonds. The Labute approximate surface area is 108 Å². The Bertz CT molecular complexity index is 444. The number of carbonyl (C=O) groups excluding carboxylic acids is 1. The van der Waals surface area contributed by atoms with Crippen molar-refractivity contribution in [3.05, 3.63) is 0 Å². The average Bonchev–Trinajstić information content (AvgIpc) is 2.27. The highest BCUT2D eigenvalue weighted by molar-refractivity contribution is 7.92. The smallest absolute Gasteiger partial charge is 0.238 e. The number of hydrogen-bond donors (Lipinski definition) is 2. The van der Waals surface area contributed by atoms with Crippen molar-refractivity contribution in [2.24, 2.45) is 11.1 Å². The molecule has 0 radical (unpaired) electrons. The summed E-state index contributed by atoms with van der Waals surface area (Å²) in [6.45, 7) is 4.00. The Morgan fingerprint density at radius 1 is 1.33 bits per heavy atom. The highest BCUT2D eigenvalue weighted by Crippen LogP contribution is 2.39. The van der Waals surface area contributed by atoms with Gasteiger partial charge in [-0.25, -0.2) is 8.42 Å². The van der Waals surface area contributed by atoms with Crippen molar-refractivity contribution >= 4 is 15.7 Å². The van der Waals surface area contributed by atoms with E-state index in [9.17, 15) is 13.2 Å². The van der Waals surface area contributed by atoms with Crippen LogP contribution in [0.4, 0.5) is 0 Å². The summed E-state index contributed by atoms with van der Waals surface area (Å²) in [6, 6.07) is 0.0721. The van der Waals surface area contributed by atoms with Crippen LogP contribution in [0.3, 0.4) is 0 Å². The predicted molar refractivity (Wildman–Crippen MR) is 69.7 cm³/mol. The molecule has 0 aromatic heterocycles. The van der Waals surface area contributed by atoms with Crippen LogP contribution in [0.5, 0.6) is 0 Å². The molecule has 0 aromatic rings. The van der Waals surface area contributed by atoms with Crippen molar-refractivity contribution in [1.82, 2.24) is 5.32 Å². The number of amides is 1. The minimum atomic E-state index is -3.25. The quantitative estimate of drug-likeness (QED) is 0.752. The zero-order valence-corrected chi connectivity index (χ0v) is 11.8. The number of nitrogens with one attached hydrogen (secondary N) is 1. The van der Waals surface area contributed by atoms with Crippen LogP contribution in [0.1, 0.15) is 39.5 Å².